The van der Waals surface area contributed by atoms with E-state index in [0.29, 0.717) is 29.4 Å². The fourth-order valence-electron chi connectivity index (χ4n) is 5.04. The molecule has 13 heteroatoms. The molecule has 0 fully saturated rings. The number of hydrogen-bond acceptors (Lipinski definition) is 7. The molecule has 13 nitrogen and oxygen atoms in total. The number of carbonyl (C=O) groups excluding carboxylic acids is 4. The fraction of sp³-hybridized carbons (Fsp3) is 0.211. The molecule has 0 unspecified atom stereocenters. The Morgan fingerprint density at radius 2 is 1.06 bits per heavy atom. The molecule has 0 heterocycles. The van der Waals surface area contributed by atoms with Gasteiger partial charge in [0.15, 0.2) is 0 Å². The molecular formula is C38H38N4O9. The van der Waals surface area contributed by atoms with Crippen molar-refractivity contribution in [3.63, 3.8) is 0 Å². The van der Waals surface area contributed by atoms with Gasteiger partial charge in [0.2, 0.25) is 0 Å². The van der Waals surface area contributed by atoms with Gasteiger partial charge < -0.3 is 36.2 Å². The van der Waals surface area contributed by atoms with E-state index in [9.17, 15) is 39.0 Å². The third kappa shape index (κ3) is 10.2. The maximum atomic E-state index is 12.9. The number of aromatic carboxylic acids is 2. The van der Waals surface area contributed by atoms with Crippen LogP contribution in [-0.2, 0) is 0 Å². The summed E-state index contributed by atoms with van der Waals surface area (Å²) in [5.41, 5.74) is 0.220. The summed E-state index contributed by atoms with van der Waals surface area (Å²) in [5, 5.41) is 29.7. The number of carboxylic acid groups (broad SMARTS) is 2. The maximum Gasteiger partial charge on any atom is 0.336 e. The Labute approximate surface area is 294 Å². The molecule has 264 valence electrons. The SMILES string of the molecule is CCCCCCCNC(=O)c1ccc(C(=O)Nc2ccc(Oc3ccc(NC(=O)c4cc(C(=O)NC)ccc4C(=O)O)cc3)cc2)cc1C(=O)O. The van der Waals surface area contributed by atoms with Crippen molar-refractivity contribution in [3.05, 3.63) is 118 Å². The topological polar surface area (TPSA) is 200 Å². The van der Waals surface area contributed by atoms with Crippen molar-refractivity contribution in [2.45, 2.75) is 39.0 Å². The summed E-state index contributed by atoms with van der Waals surface area (Å²) in [4.78, 5) is 74.1. The summed E-state index contributed by atoms with van der Waals surface area (Å²) in [5.74, 6) is -4.06. The van der Waals surface area contributed by atoms with E-state index in [-0.39, 0.29) is 33.4 Å². The van der Waals surface area contributed by atoms with Crippen LogP contribution in [0, 0.1) is 0 Å². The average molecular weight is 695 g/mol. The molecule has 0 atom stereocenters. The van der Waals surface area contributed by atoms with Gasteiger partial charge in [-0.1, -0.05) is 32.6 Å². The van der Waals surface area contributed by atoms with Crippen molar-refractivity contribution in [3.8, 4) is 11.5 Å². The van der Waals surface area contributed by atoms with Crippen LogP contribution in [0.15, 0.2) is 84.9 Å². The van der Waals surface area contributed by atoms with E-state index in [1.54, 1.807) is 48.5 Å². The molecule has 4 rings (SSSR count). The van der Waals surface area contributed by atoms with Gasteiger partial charge in [-0.3, -0.25) is 19.2 Å². The van der Waals surface area contributed by atoms with Gasteiger partial charge in [-0.15, -0.1) is 0 Å². The minimum atomic E-state index is -1.32. The van der Waals surface area contributed by atoms with Gasteiger partial charge in [-0.25, -0.2) is 9.59 Å². The summed E-state index contributed by atoms with van der Waals surface area (Å²) in [7, 11) is 1.42. The molecule has 0 aliphatic rings. The molecule has 6 N–H and O–H groups in total. The monoisotopic (exact) mass is 694 g/mol. The number of anilines is 2. The first-order valence-electron chi connectivity index (χ1n) is 16.3. The molecule has 0 radical (unpaired) electrons. The van der Waals surface area contributed by atoms with E-state index in [4.69, 9.17) is 4.74 Å². The van der Waals surface area contributed by atoms with Crippen molar-refractivity contribution in [2.24, 2.45) is 0 Å². The van der Waals surface area contributed by atoms with E-state index in [1.807, 2.05) is 0 Å². The van der Waals surface area contributed by atoms with Crippen molar-refractivity contribution in [1.29, 1.82) is 0 Å². The van der Waals surface area contributed by atoms with E-state index >= 15 is 0 Å². The molecule has 0 saturated heterocycles. The number of benzene rings is 4. The smallest absolute Gasteiger partial charge is 0.336 e. The molecule has 4 aromatic rings. The highest BCUT2D eigenvalue weighted by Gasteiger charge is 2.21. The Morgan fingerprint density at radius 3 is 1.61 bits per heavy atom. The molecule has 0 spiro atoms. The van der Waals surface area contributed by atoms with Crippen LogP contribution in [0.3, 0.4) is 0 Å². The highest BCUT2D eigenvalue weighted by Crippen LogP contribution is 2.26. The highest BCUT2D eigenvalue weighted by atomic mass is 16.5. The number of rotatable bonds is 16. The molecule has 0 aliphatic heterocycles. The number of nitrogens with one attached hydrogen (secondary N) is 4. The lowest BCUT2D eigenvalue weighted by Gasteiger charge is -2.12. The summed E-state index contributed by atoms with van der Waals surface area (Å²) in [6.45, 7) is 2.55. The highest BCUT2D eigenvalue weighted by molar-refractivity contribution is 6.12. The zero-order valence-electron chi connectivity index (χ0n) is 28.1. The molecule has 0 saturated carbocycles. The Kier molecular flexibility index (Phi) is 13.0. The summed E-state index contributed by atoms with van der Waals surface area (Å²) >= 11 is 0. The summed E-state index contributed by atoms with van der Waals surface area (Å²) in [6.07, 6.45) is 5.07. The second-order valence-electron chi connectivity index (χ2n) is 11.4. The molecule has 0 aliphatic carbocycles. The number of ether oxygens (including phenoxy) is 1. The Bertz CT molecular complexity index is 1920. The van der Waals surface area contributed by atoms with Crippen LogP contribution < -0.4 is 26.0 Å². The van der Waals surface area contributed by atoms with E-state index < -0.39 is 35.6 Å². The molecule has 51 heavy (non-hydrogen) atoms. The third-order valence-corrected chi connectivity index (χ3v) is 7.77. The number of carboxylic acids is 2. The fourth-order valence-corrected chi connectivity index (χ4v) is 5.04. The number of amides is 4. The lowest BCUT2D eigenvalue weighted by molar-refractivity contribution is 0.0683. The first kappa shape index (κ1) is 37.3. The first-order chi connectivity index (χ1) is 24.5. The van der Waals surface area contributed by atoms with Crippen LogP contribution in [-0.4, -0.2) is 59.4 Å². The van der Waals surface area contributed by atoms with E-state index in [0.717, 1.165) is 32.1 Å². The largest absolute Gasteiger partial charge is 0.478 e. The lowest BCUT2D eigenvalue weighted by atomic mass is 10.0. The van der Waals surface area contributed by atoms with Gasteiger partial charge in [0.1, 0.15) is 11.5 Å². The minimum absolute atomic E-state index is 0.0236. The summed E-state index contributed by atoms with van der Waals surface area (Å²) < 4.78 is 5.85. The van der Waals surface area contributed by atoms with Crippen LogP contribution >= 0.6 is 0 Å². The predicted molar refractivity (Wildman–Crippen MR) is 190 cm³/mol. The lowest BCUT2D eigenvalue weighted by Crippen LogP contribution is -2.26. The zero-order valence-corrected chi connectivity index (χ0v) is 28.1. The van der Waals surface area contributed by atoms with Crippen molar-refractivity contribution in [1.82, 2.24) is 10.6 Å². The molecule has 0 bridgehead atoms. The molecule has 4 amide bonds. The molecular weight excluding hydrogens is 656 g/mol. The Hall–Kier alpha value is -6.50. The van der Waals surface area contributed by atoms with Crippen molar-refractivity contribution < 1.29 is 43.7 Å². The standard InChI is InChI=1S/C38H38N4O9/c1-3-4-5-6-7-20-40-35(45)29-18-8-24(22-32(29)38(49)50)34(44)41-25-10-14-27(15-11-25)51-28-16-12-26(13-17-28)42-36(46)31-21-23(33(43)39-2)9-19-30(31)37(47)48/h8-19,21-22H,3-7,20H2,1-2H3,(H,39,43)(H,40,45)(H,41,44)(H,42,46)(H,47,48)(H,49,50). The van der Waals surface area contributed by atoms with Crippen LogP contribution in [0.1, 0.15) is 101 Å². The van der Waals surface area contributed by atoms with Crippen LogP contribution in [0.2, 0.25) is 0 Å². The van der Waals surface area contributed by atoms with Crippen LogP contribution in [0.5, 0.6) is 11.5 Å². The first-order valence-corrected chi connectivity index (χ1v) is 16.3. The second-order valence-corrected chi connectivity index (χ2v) is 11.4. The van der Waals surface area contributed by atoms with Gasteiger partial charge in [-0.05, 0) is 91.3 Å². The molecule has 4 aromatic carbocycles. The summed E-state index contributed by atoms with van der Waals surface area (Å²) in [6, 6.07) is 20.3. The quantitative estimate of drug-likeness (QED) is 0.0714. The van der Waals surface area contributed by atoms with Gasteiger partial charge in [0.25, 0.3) is 23.6 Å². The van der Waals surface area contributed by atoms with Gasteiger partial charge in [0.05, 0.1) is 22.3 Å². The second kappa shape index (κ2) is 17.8. The van der Waals surface area contributed by atoms with Crippen molar-refractivity contribution >= 4 is 46.9 Å². The van der Waals surface area contributed by atoms with Gasteiger partial charge >= 0.3 is 11.9 Å². The normalized spacial score (nSPS) is 10.5. The zero-order chi connectivity index (χ0) is 36.9. The molecule has 0 aromatic heterocycles. The van der Waals surface area contributed by atoms with E-state index in [1.165, 1.54) is 43.4 Å². The van der Waals surface area contributed by atoms with E-state index in [2.05, 4.69) is 28.2 Å². The third-order valence-electron chi connectivity index (χ3n) is 7.77. The number of unbranched alkanes of at least 4 members (excludes halogenated alkanes) is 4. The average Bonchev–Trinajstić information content (AvgIpc) is 3.13. The maximum absolute atomic E-state index is 12.9. The minimum Gasteiger partial charge on any atom is -0.478 e. The van der Waals surface area contributed by atoms with Gasteiger partial charge in [-0.2, -0.15) is 0 Å². The van der Waals surface area contributed by atoms with Crippen molar-refractivity contribution in [2.75, 3.05) is 24.2 Å². The number of hydrogen-bond donors (Lipinski definition) is 6. The Morgan fingerprint density at radius 1 is 0.549 bits per heavy atom. The van der Waals surface area contributed by atoms with Crippen LogP contribution in [0.25, 0.3) is 0 Å². The van der Waals surface area contributed by atoms with Crippen LogP contribution in [0.4, 0.5) is 11.4 Å². The number of carbonyl (C=O) groups is 6. The van der Waals surface area contributed by atoms with Gasteiger partial charge in [0, 0.05) is 36.1 Å². The predicted octanol–water partition coefficient (Wildman–Crippen LogP) is 6.44. The Balaban J connectivity index is 1.35.